The summed E-state index contributed by atoms with van der Waals surface area (Å²) in [6.07, 6.45) is 0. The summed E-state index contributed by atoms with van der Waals surface area (Å²) < 4.78 is 2.08. The van der Waals surface area contributed by atoms with Gasteiger partial charge in [0.15, 0.2) is 17.5 Å². The minimum absolute atomic E-state index is 0.528. The second-order valence-electron chi connectivity index (χ2n) is 22.0. The van der Waals surface area contributed by atoms with Crippen molar-refractivity contribution in [2.24, 2.45) is 0 Å². The van der Waals surface area contributed by atoms with Crippen LogP contribution >= 0.6 is 0 Å². The SMILES string of the molecule is c1ccc(-c2cccc(C[n+]3[n-]c(-c4ccc5c(c4)C4(c6ccccc6-c6ccccc64)c4cc(-c6nc(-c7cccc(-c8ccccc8)c7)nc(-c7cccc(-c8ccccc8)c7)n6)ccc4-5)nc3-c3cccc(-c4ccccc4)c3)c2)cc1. The molecular formula is C79H52N6. The lowest BCUT2D eigenvalue weighted by molar-refractivity contribution is -0.737. The number of benzene rings is 12. The summed E-state index contributed by atoms with van der Waals surface area (Å²) in [6, 6.07) is 108. The minimum atomic E-state index is -0.704. The molecule has 16 rings (SSSR count). The van der Waals surface area contributed by atoms with E-state index in [2.05, 4.69) is 296 Å². The lowest BCUT2D eigenvalue weighted by Gasteiger charge is -2.31. The predicted octanol–water partition coefficient (Wildman–Crippen LogP) is 17.9. The number of hydrogen-bond donors (Lipinski definition) is 0. The van der Waals surface area contributed by atoms with E-state index in [0.717, 1.165) is 89.3 Å². The van der Waals surface area contributed by atoms with Gasteiger partial charge in [-0.3, -0.25) is 9.78 Å². The fourth-order valence-corrected chi connectivity index (χ4v) is 13.0. The van der Waals surface area contributed by atoms with E-state index in [1.54, 1.807) is 0 Å². The number of hydrogen-bond acceptors (Lipinski definition) is 4. The van der Waals surface area contributed by atoms with Crippen molar-refractivity contribution < 1.29 is 4.68 Å². The Morgan fingerprint density at radius 1 is 0.259 bits per heavy atom. The van der Waals surface area contributed by atoms with E-state index in [1.165, 1.54) is 38.9 Å². The van der Waals surface area contributed by atoms with Crippen LogP contribution in [0.15, 0.2) is 303 Å². The Balaban J connectivity index is 0.867. The fourth-order valence-electron chi connectivity index (χ4n) is 13.0. The Kier molecular flexibility index (Phi) is 12.0. The van der Waals surface area contributed by atoms with Gasteiger partial charge in [-0.1, -0.05) is 267 Å². The number of aromatic nitrogens is 6. The fraction of sp³-hybridized carbons (Fsp3) is 0.0253. The second-order valence-corrected chi connectivity index (χ2v) is 22.0. The third kappa shape index (κ3) is 8.70. The molecule has 0 N–H and O–H groups in total. The van der Waals surface area contributed by atoms with Crippen LogP contribution in [0.3, 0.4) is 0 Å². The van der Waals surface area contributed by atoms with E-state index in [4.69, 9.17) is 25.0 Å². The van der Waals surface area contributed by atoms with Crippen LogP contribution in [-0.4, -0.2) is 19.9 Å². The molecule has 0 fully saturated rings. The Bertz CT molecular complexity index is 4710. The third-order valence-corrected chi connectivity index (χ3v) is 17.0. The quantitative estimate of drug-likeness (QED) is 0.121. The lowest BCUT2D eigenvalue weighted by atomic mass is 9.70. The van der Waals surface area contributed by atoms with Crippen molar-refractivity contribution in [2.75, 3.05) is 0 Å². The number of nitrogens with zero attached hydrogens (tertiary/aromatic N) is 6. The van der Waals surface area contributed by atoms with Gasteiger partial charge in [0.05, 0.1) is 5.41 Å². The molecule has 0 radical (unpaired) electrons. The summed E-state index contributed by atoms with van der Waals surface area (Å²) in [6.45, 7) is 0.528. The van der Waals surface area contributed by atoms with E-state index in [0.29, 0.717) is 29.8 Å². The smallest absolute Gasteiger partial charge is 0.164 e. The molecule has 0 bridgehead atoms. The van der Waals surface area contributed by atoms with Crippen molar-refractivity contribution in [1.29, 1.82) is 0 Å². The summed E-state index contributed by atoms with van der Waals surface area (Å²) in [7, 11) is 0. The number of fused-ring (bicyclic) bond motifs is 10. The Labute approximate surface area is 493 Å². The van der Waals surface area contributed by atoms with Crippen molar-refractivity contribution in [3.05, 3.63) is 331 Å². The zero-order valence-corrected chi connectivity index (χ0v) is 46.3. The largest absolute Gasteiger partial charge is 0.397 e. The normalized spacial score (nSPS) is 12.4. The summed E-state index contributed by atoms with van der Waals surface area (Å²) in [5.41, 5.74) is 23.7. The minimum Gasteiger partial charge on any atom is -0.397 e. The molecule has 14 aromatic rings. The predicted molar refractivity (Wildman–Crippen MR) is 342 cm³/mol. The highest BCUT2D eigenvalue weighted by Crippen LogP contribution is 2.63. The van der Waals surface area contributed by atoms with Crippen LogP contribution in [0.2, 0.25) is 0 Å². The molecule has 0 saturated carbocycles. The molecule has 12 aromatic carbocycles. The molecule has 6 nitrogen and oxygen atoms in total. The molecule has 0 saturated heterocycles. The Morgan fingerprint density at radius 3 is 1.11 bits per heavy atom. The van der Waals surface area contributed by atoms with Gasteiger partial charge < -0.3 is 4.98 Å². The lowest BCUT2D eigenvalue weighted by Crippen LogP contribution is -2.40. The molecule has 2 aliphatic rings. The van der Waals surface area contributed by atoms with Crippen LogP contribution in [-0.2, 0) is 12.0 Å². The first-order chi connectivity index (χ1) is 42.1. The average Bonchev–Trinajstić information content (AvgIpc) is 1.57. The van der Waals surface area contributed by atoms with Gasteiger partial charge in [-0.05, 0) is 142 Å². The van der Waals surface area contributed by atoms with Crippen molar-refractivity contribution in [1.82, 2.24) is 25.0 Å². The summed E-state index contributed by atoms with van der Waals surface area (Å²) in [5.74, 6) is 3.25. The van der Waals surface area contributed by atoms with Crippen LogP contribution in [0.5, 0.6) is 0 Å². The van der Waals surface area contributed by atoms with Gasteiger partial charge in [0, 0.05) is 22.3 Å². The van der Waals surface area contributed by atoms with Crippen molar-refractivity contribution >= 4 is 0 Å². The summed E-state index contributed by atoms with van der Waals surface area (Å²) >= 11 is 0. The molecule has 6 heteroatoms. The molecule has 2 heterocycles. The Morgan fingerprint density at radius 2 is 0.612 bits per heavy atom. The van der Waals surface area contributed by atoms with Crippen LogP contribution in [0.4, 0.5) is 0 Å². The topological polar surface area (TPSA) is 69.5 Å². The van der Waals surface area contributed by atoms with E-state index in [-0.39, 0.29) is 0 Å². The maximum absolute atomic E-state index is 5.54. The molecule has 0 aliphatic heterocycles. The molecule has 0 amide bonds. The molecule has 2 aliphatic carbocycles. The summed E-state index contributed by atoms with van der Waals surface area (Å²) in [4.78, 5) is 21.7. The third-order valence-electron chi connectivity index (χ3n) is 17.0. The maximum Gasteiger partial charge on any atom is 0.164 e. The van der Waals surface area contributed by atoms with E-state index in [9.17, 15) is 0 Å². The molecule has 2 aromatic heterocycles. The average molecular weight is 1090 g/mol. The first-order valence-electron chi connectivity index (χ1n) is 28.9. The monoisotopic (exact) mass is 1080 g/mol. The molecular weight excluding hydrogens is 1030 g/mol. The van der Waals surface area contributed by atoms with Crippen LogP contribution in [0.25, 0.3) is 124 Å². The van der Waals surface area contributed by atoms with E-state index in [1.807, 2.05) is 12.1 Å². The van der Waals surface area contributed by atoms with E-state index < -0.39 is 5.41 Å². The molecule has 0 atom stereocenters. The first-order valence-corrected chi connectivity index (χ1v) is 28.9. The zero-order chi connectivity index (χ0) is 56.3. The van der Waals surface area contributed by atoms with Gasteiger partial charge in [0.1, 0.15) is 12.4 Å². The maximum atomic E-state index is 5.54. The van der Waals surface area contributed by atoms with Crippen molar-refractivity contribution in [3.8, 4) is 124 Å². The summed E-state index contributed by atoms with van der Waals surface area (Å²) in [5, 5.41) is 5.48. The molecule has 85 heavy (non-hydrogen) atoms. The first kappa shape index (κ1) is 49.6. The molecule has 0 unspecified atom stereocenters. The van der Waals surface area contributed by atoms with Crippen molar-refractivity contribution in [3.63, 3.8) is 0 Å². The van der Waals surface area contributed by atoms with Crippen LogP contribution in [0.1, 0.15) is 27.8 Å². The molecule has 398 valence electrons. The second kappa shape index (κ2) is 20.6. The molecule has 1 spiro atoms. The highest BCUT2D eigenvalue weighted by atomic mass is 15.3. The van der Waals surface area contributed by atoms with E-state index >= 15 is 0 Å². The van der Waals surface area contributed by atoms with Gasteiger partial charge in [0.25, 0.3) is 0 Å². The highest BCUT2D eigenvalue weighted by molar-refractivity contribution is 5.97. The van der Waals surface area contributed by atoms with Crippen LogP contribution in [0, 0.1) is 0 Å². The zero-order valence-electron chi connectivity index (χ0n) is 46.3. The van der Waals surface area contributed by atoms with Gasteiger partial charge in [-0.15, -0.1) is 0 Å². The van der Waals surface area contributed by atoms with Crippen molar-refractivity contribution in [2.45, 2.75) is 12.0 Å². The van der Waals surface area contributed by atoms with Gasteiger partial charge >= 0.3 is 0 Å². The highest BCUT2D eigenvalue weighted by Gasteiger charge is 2.52. The standard InChI is InChI=1S/C79H52N6/c1-5-22-53(23-6-1)57-30-17-21-52(45-57)51-85-78(65-36-20-33-60(48-65)56-28-11-4-12-29-56)83-77(84-85)64-42-44-69-68-43-41-63(49-72(68)79(73(69)50-64)70-39-15-13-37-66(70)67-38-14-16-40-71(67)79)76-81-74(61-34-18-31-58(46-61)54-24-7-2-8-25-54)80-75(82-76)62-35-19-32-59(47-62)55-26-9-3-10-27-55/h1-50H,51H2. The van der Waals surface area contributed by atoms with Crippen LogP contribution < -0.4 is 9.78 Å². The Hall–Kier alpha value is -11.2. The van der Waals surface area contributed by atoms with Gasteiger partial charge in [-0.2, -0.15) is 0 Å². The van der Waals surface area contributed by atoms with Gasteiger partial charge in [-0.25, -0.2) is 15.0 Å². The number of rotatable bonds is 11. The van der Waals surface area contributed by atoms with Gasteiger partial charge in [0.2, 0.25) is 0 Å².